The molecule has 0 unspecified atom stereocenters. The van der Waals surface area contributed by atoms with Crippen molar-refractivity contribution in [2.45, 2.75) is 26.4 Å². The zero-order chi connectivity index (χ0) is 18.8. The van der Waals surface area contributed by atoms with Gasteiger partial charge in [-0.1, -0.05) is 18.2 Å². The van der Waals surface area contributed by atoms with Gasteiger partial charge >= 0.3 is 0 Å². The summed E-state index contributed by atoms with van der Waals surface area (Å²) in [5, 5.41) is 13.1. The minimum Gasteiger partial charge on any atom is -0.386 e. The van der Waals surface area contributed by atoms with Crippen molar-refractivity contribution in [2.75, 3.05) is 6.54 Å². The maximum absolute atomic E-state index is 13.6. The third-order valence-corrected chi connectivity index (χ3v) is 5.27. The summed E-state index contributed by atoms with van der Waals surface area (Å²) in [4.78, 5) is 32.8. The molecular weight excluding hydrogens is 357 g/mol. The Balaban J connectivity index is 1.68. The number of aryl methyl sites for hydroxylation is 2. The monoisotopic (exact) mass is 375 g/mol. The zero-order valence-electron chi connectivity index (χ0n) is 14.3. The van der Waals surface area contributed by atoms with Gasteiger partial charge in [0.15, 0.2) is 0 Å². The summed E-state index contributed by atoms with van der Waals surface area (Å²) in [5.41, 5.74) is 0.735. The van der Waals surface area contributed by atoms with Gasteiger partial charge in [-0.25, -0.2) is 9.37 Å². The lowest BCUT2D eigenvalue weighted by Gasteiger charge is -2.12. The first-order valence-corrected chi connectivity index (χ1v) is 8.86. The maximum atomic E-state index is 13.6. The zero-order valence-corrected chi connectivity index (χ0v) is 15.1. The number of hydrogen-bond acceptors (Lipinski definition) is 5. The molecule has 1 aromatic carbocycles. The Labute approximate surface area is 152 Å². The van der Waals surface area contributed by atoms with Crippen LogP contribution in [0.2, 0.25) is 0 Å². The predicted octanol–water partition coefficient (Wildman–Crippen LogP) is 2.13. The molecule has 3 aromatic rings. The highest BCUT2D eigenvalue weighted by molar-refractivity contribution is 7.18. The molecule has 8 heteroatoms. The smallest absolute Gasteiger partial charge is 0.259 e. The van der Waals surface area contributed by atoms with Crippen molar-refractivity contribution in [3.63, 3.8) is 0 Å². The van der Waals surface area contributed by atoms with Gasteiger partial charge in [0.1, 0.15) is 16.5 Å². The number of thiophene rings is 1. The SMILES string of the molecule is Cc1sc2nc(CC(=O)NC[C@H](O)c3ccccc3F)[nH]c(=O)c2c1C. The molecule has 6 nitrogen and oxygen atoms in total. The molecule has 2 aromatic heterocycles. The number of aliphatic hydroxyl groups excluding tert-OH is 1. The Morgan fingerprint density at radius 3 is 2.85 bits per heavy atom. The van der Waals surface area contributed by atoms with Gasteiger partial charge in [0.25, 0.3) is 5.56 Å². The molecule has 0 saturated carbocycles. The molecule has 1 amide bonds. The quantitative estimate of drug-likeness (QED) is 0.637. The average Bonchev–Trinajstić information content (AvgIpc) is 2.87. The van der Waals surface area contributed by atoms with Gasteiger partial charge in [-0.15, -0.1) is 11.3 Å². The van der Waals surface area contributed by atoms with Crippen molar-refractivity contribution in [1.82, 2.24) is 15.3 Å². The first-order valence-electron chi connectivity index (χ1n) is 8.05. The van der Waals surface area contributed by atoms with Crippen LogP contribution in [-0.2, 0) is 11.2 Å². The minimum atomic E-state index is -1.16. The fraction of sp³-hybridized carbons (Fsp3) is 0.278. The topological polar surface area (TPSA) is 95.1 Å². The molecule has 26 heavy (non-hydrogen) atoms. The minimum absolute atomic E-state index is 0.116. The van der Waals surface area contributed by atoms with Gasteiger partial charge in [0, 0.05) is 17.0 Å². The van der Waals surface area contributed by atoms with Crippen LogP contribution in [0.1, 0.15) is 27.9 Å². The number of hydrogen-bond donors (Lipinski definition) is 3. The van der Waals surface area contributed by atoms with E-state index in [0.717, 1.165) is 10.4 Å². The van der Waals surface area contributed by atoms with Crippen molar-refractivity contribution in [3.05, 3.63) is 62.3 Å². The molecular formula is C18H18FN3O3S. The van der Waals surface area contributed by atoms with Crippen LogP contribution < -0.4 is 10.9 Å². The molecule has 136 valence electrons. The number of amides is 1. The first-order chi connectivity index (χ1) is 12.4. The summed E-state index contributed by atoms with van der Waals surface area (Å²) in [6.45, 7) is 3.64. The lowest BCUT2D eigenvalue weighted by atomic mass is 10.1. The highest BCUT2D eigenvalue weighted by Crippen LogP contribution is 2.25. The summed E-state index contributed by atoms with van der Waals surface area (Å²) in [6.07, 6.45) is -1.29. The number of fused-ring (bicyclic) bond motifs is 1. The third-order valence-electron chi connectivity index (χ3n) is 4.17. The molecule has 1 atom stereocenters. The molecule has 0 aliphatic heterocycles. The predicted molar refractivity (Wildman–Crippen MR) is 97.8 cm³/mol. The van der Waals surface area contributed by atoms with Crippen LogP contribution in [0.5, 0.6) is 0 Å². The van der Waals surface area contributed by atoms with Gasteiger partial charge in [0.05, 0.1) is 17.9 Å². The van der Waals surface area contributed by atoms with Crippen LogP contribution >= 0.6 is 11.3 Å². The van der Waals surface area contributed by atoms with E-state index in [-0.39, 0.29) is 29.9 Å². The van der Waals surface area contributed by atoms with Crippen molar-refractivity contribution in [1.29, 1.82) is 0 Å². The number of aliphatic hydroxyl groups is 1. The molecule has 0 aliphatic rings. The highest BCUT2D eigenvalue weighted by atomic mass is 32.1. The Kier molecular flexibility index (Phi) is 5.15. The second kappa shape index (κ2) is 7.35. The Bertz CT molecular complexity index is 1030. The molecule has 0 saturated heterocycles. The molecule has 0 bridgehead atoms. The van der Waals surface area contributed by atoms with E-state index in [1.54, 1.807) is 6.07 Å². The van der Waals surface area contributed by atoms with E-state index in [1.165, 1.54) is 29.5 Å². The van der Waals surface area contributed by atoms with Crippen LogP contribution in [-0.4, -0.2) is 27.5 Å². The first kappa shape index (κ1) is 18.2. The lowest BCUT2D eigenvalue weighted by molar-refractivity contribution is -0.121. The van der Waals surface area contributed by atoms with Crippen LogP contribution in [0.15, 0.2) is 29.1 Å². The second-order valence-electron chi connectivity index (χ2n) is 5.99. The van der Waals surface area contributed by atoms with Gasteiger partial charge in [-0.05, 0) is 25.5 Å². The number of halogens is 1. The summed E-state index contributed by atoms with van der Waals surface area (Å²) in [6, 6.07) is 5.84. The molecule has 0 spiro atoms. The van der Waals surface area contributed by atoms with E-state index in [4.69, 9.17) is 0 Å². The largest absolute Gasteiger partial charge is 0.386 e. The summed E-state index contributed by atoms with van der Waals surface area (Å²) in [5.74, 6) is -0.705. The van der Waals surface area contributed by atoms with Gasteiger partial charge < -0.3 is 15.4 Å². The molecule has 3 rings (SSSR count). The molecule has 3 N–H and O–H groups in total. The molecule has 2 heterocycles. The van der Waals surface area contributed by atoms with Crippen LogP contribution in [0.4, 0.5) is 4.39 Å². The number of nitrogens with one attached hydrogen (secondary N) is 2. The maximum Gasteiger partial charge on any atom is 0.259 e. The van der Waals surface area contributed by atoms with Gasteiger partial charge in [0.2, 0.25) is 5.91 Å². The van der Waals surface area contributed by atoms with E-state index >= 15 is 0 Å². The Morgan fingerprint density at radius 1 is 1.38 bits per heavy atom. The van der Waals surface area contributed by atoms with E-state index < -0.39 is 17.8 Å². The van der Waals surface area contributed by atoms with E-state index in [0.29, 0.717) is 10.2 Å². The van der Waals surface area contributed by atoms with Gasteiger partial charge in [-0.2, -0.15) is 0 Å². The van der Waals surface area contributed by atoms with Crippen molar-refractivity contribution >= 4 is 27.5 Å². The van der Waals surface area contributed by atoms with E-state index in [1.807, 2.05) is 13.8 Å². The molecule has 0 aliphatic carbocycles. The Morgan fingerprint density at radius 2 is 2.12 bits per heavy atom. The number of nitrogens with zero attached hydrogens (tertiary/aromatic N) is 1. The number of aromatic nitrogens is 2. The second-order valence-corrected chi connectivity index (χ2v) is 7.20. The average molecular weight is 375 g/mol. The van der Waals surface area contributed by atoms with Crippen LogP contribution in [0.25, 0.3) is 10.2 Å². The van der Waals surface area contributed by atoms with Crippen molar-refractivity contribution in [2.24, 2.45) is 0 Å². The van der Waals surface area contributed by atoms with E-state index in [9.17, 15) is 19.1 Å². The number of aromatic amines is 1. The molecule has 0 fully saturated rings. The van der Waals surface area contributed by atoms with Crippen molar-refractivity contribution < 1.29 is 14.3 Å². The van der Waals surface area contributed by atoms with Crippen LogP contribution in [0.3, 0.4) is 0 Å². The molecule has 0 radical (unpaired) electrons. The standard InChI is InChI=1S/C18H18FN3O3S/c1-9-10(2)26-18-16(9)17(25)21-14(22-18)7-15(24)20-8-13(23)11-5-3-4-6-12(11)19/h3-6,13,23H,7-8H2,1-2H3,(H,20,24)(H,21,22,25)/t13-/m0/s1. The number of benzene rings is 1. The van der Waals surface area contributed by atoms with Crippen molar-refractivity contribution in [3.8, 4) is 0 Å². The highest BCUT2D eigenvalue weighted by Gasteiger charge is 2.16. The number of rotatable bonds is 5. The fourth-order valence-electron chi connectivity index (χ4n) is 2.66. The fourth-order valence-corrected chi connectivity index (χ4v) is 3.71. The number of H-pyrrole nitrogens is 1. The summed E-state index contributed by atoms with van der Waals surface area (Å²) < 4.78 is 13.6. The Hall–Kier alpha value is -2.58. The number of carbonyl (C=O) groups excluding carboxylic acids is 1. The van der Waals surface area contributed by atoms with Gasteiger partial charge in [-0.3, -0.25) is 9.59 Å². The normalized spacial score (nSPS) is 12.3. The number of carbonyl (C=O) groups is 1. The summed E-state index contributed by atoms with van der Waals surface area (Å²) >= 11 is 1.41. The third kappa shape index (κ3) is 3.66. The van der Waals surface area contributed by atoms with Crippen LogP contribution in [0, 0.1) is 19.7 Å². The van der Waals surface area contributed by atoms with E-state index in [2.05, 4.69) is 15.3 Å². The lowest BCUT2D eigenvalue weighted by Crippen LogP contribution is -2.31. The summed E-state index contributed by atoms with van der Waals surface area (Å²) in [7, 11) is 0.